The van der Waals surface area contributed by atoms with Crippen molar-refractivity contribution >= 4 is 17.7 Å². The lowest BCUT2D eigenvalue weighted by atomic mass is 9.97. The lowest BCUT2D eigenvalue weighted by Gasteiger charge is -2.27. The Kier molecular flexibility index (Phi) is 4.86. The predicted octanol–water partition coefficient (Wildman–Crippen LogP) is 3.85. The Bertz CT molecular complexity index is 797. The molecule has 0 N–H and O–H groups in total. The summed E-state index contributed by atoms with van der Waals surface area (Å²) in [6, 6.07) is 11.7. The average Bonchev–Trinajstić information content (AvgIpc) is 2.95. The number of nitriles is 1. The molecule has 0 bridgehead atoms. The molecule has 1 unspecified atom stereocenters. The minimum Gasteiger partial charge on any atom is -0.325 e. The first kappa shape index (κ1) is 16.5. The summed E-state index contributed by atoms with van der Waals surface area (Å²) in [5.74, 6) is 1.06. The van der Waals surface area contributed by atoms with Crippen LogP contribution in [0.25, 0.3) is 11.1 Å². The summed E-state index contributed by atoms with van der Waals surface area (Å²) in [6.45, 7) is 4.95. The number of amides is 1. The second-order valence-corrected chi connectivity index (χ2v) is 7.29. The zero-order valence-corrected chi connectivity index (χ0v) is 14.6. The van der Waals surface area contributed by atoms with E-state index in [2.05, 4.69) is 24.9 Å². The average molecular weight is 337 g/mol. The van der Waals surface area contributed by atoms with Gasteiger partial charge in [0.1, 0.15) is 5.37 Å². The van der Waals surface area contributed by atoms with Crippen molar-refractivity contribution in [3.8, 4) is 17.2 Å². The van der Waals surface area contributed by atoms with E-state index in [-0.39, 0.29) is 11.3 Å². The van der Waals surface area contributed by atoms with Gasteiger partial charge in [-0.05, 0) is 29.2 Å². The third-order valence-corrected chi connectivity index (χ3v) is 5.22. The molecule has 0 saturated carbocycles. The molecule has 0 spiro atoms. The van der Waals surface area contributed by atoms with Gasteiger partial charge < -0.3 is 4.90 Å². The van der Waals surface area contributed by atoms with Gasteiger partial charge in [0.25, 0.3) is 0 Å². The van der Waals surface area contributed by atoms with Gasteiger partial charge in [-0.15, -0.1) is 11.8 Å². The van der Waals surface area contributed by atoms with Crippen LogP contribution in [0.1, 0.15) is 30.3 Å². The van der Waals surface area contributed by atoms with E-state index in [1.165, 1.54) is 0 Å². The normalized spacial score (nSPS) is 17.3. The number of hydrogen-bond acceptors (Lipinski definition) is 4. The second-order valence-electron chi connectivity index (χ2n) is 6.22. The Labute approximate surface area is 146 Å². The summed E-state index contributed by atoms with van der Waals surface area (Å²) in [4.78, 5) is 18.5. The van der Waals surface area contributed by atoms with Crippen molar-refractivity contribution in [1.82, 2.24) is 9.88 Å². The van der Waals surface area contributed by atoms with Crippen LogP contribution in [0.4, 0.5) is 0 Å². The molecule has 122 valence electrons. The summed E-state index contributed by atoms with van der Waals surface area (Å²) in [5.41, 5.74) is 3.50. The monoisotopic (exact) mass is 337 g/mol. The first-order valence-electron chi connectivity index (χ1n) is 7.96. The summed E-state index contributed by atoms with van der Waals surface area (Å²) < 4.78 is 0. The van der Waals surface area contributed by atoms with E-state index in [4.69, 9.17) is 0 Å². The van der Waals surface area contributed by atoms with Gasteiger partial charge in [-0.1, -0.05) is 32.0 Å². The maximum absolute atomic E-state index is 12.3. The fourth-order valence-electron chi connectivity index (χ4n) is 2.97. The van der Waals surface area contributed by atoms with Crippen molar-refractivity contribution in [2.75, 3.05) is 12.3 Å². The van der Waals surface area contributed by atoms with Gasteiger partial charge >= 0.3 is 0 Å². The number of hydrogen-bond donors (Lipinski definition) is 0. The minimum atomic E-state index is -0.0460. The molecular formula is C19H19N3OS. The molecule has 0 aliphatic carbocycles. The lowest BCUT2D eigenvalue weighted by molar-refractivity contribution is -0.128. The number of thioether (sulfide) groups is 1. The van der Waals surface area contributed by atoms with Crippen LogP contribution < -0.4 is 0 Å². The second kappa shape index (κ2) is 7.06. The van der Waals surface area contributed by atoms with E-state index in [1.54, 1.807) is 18.0 Å². The first-order valence-corrected chi connectivity index (χ1v) is 9.01. The minimum absolute atomic E-state index is 0.0460. The predicted molar refractivity (Wildman–Crippen MR) is 96.1 cm³/mol. The van der Waals surface area contributed by atoms with E-state index >= 15 is 0 Å². The summed E-state index contributed by atoms with van der Waals surface area (Å²) in [5, 5.41) is 9.37. The van der Waals surface area contributed by atoms with E-state index in [9.17, 15) is 10.1 Å². The summed E-state index contributed by atoms with van der Waals surface area (Å²) in [6.07, 6.45) is 3.56. The van der Waals surface area contributed by atoms with Crippen LogP contribution in [0.5, 0.6) is 0 Å². The number of carbonyl (C=O) groups excluding carboxylic acids is 1. The van der Waals surface area contributed by atoms with Gasteiger partial charge in [-0.25, -0.2) is 0 Å². The molecule has 1 fully saturated rings. The molecule has 3 rings (SSSR count). The van der Waals surface area contributed by atoms with Gasteiger partial charge in [0.2, 0.25) is 5.91 Å². The largest absolute Gasteiger partial charge is 0.325 e. The molecule has 5 heteroatoms. The Balaban J connectivity index is 2.07. The molecule has 0 radical (unpaired) electrons. The molecule has 1 saturated heterocycles. The van der Waals surface area contributed by atoms with Crippen molar-refractivity contribution in [2.24, 2.45) is 5.92 Å². The molecule has 1 aromatic heterocycles. The number of carbonyl (C=O) groups is 1. The lowest BCUT2D eigenvalue weighted by Crippen LogP contribution is -2.32. The van der Waals surface area contributed by atoms with Gasteiger partial charge in [-0.3, -0.25) is 9.78 Å². The Morgan fingerprint density at radius 3 is 2.88 bits per heavy atom. The molecule has 1 amide bonds. The maximum atomic E-state index is 12.3. The molecule has 4 nitrogen and oxygen atoms in total. The molecular weight excluding hydrogens is 318 g/mol. The Morgan fingerprint density at radius 1 is 1.33 bits per heavy atom. The highest BCUT2D eigenvalue weighted by molar-refractivity contribution is 8.00. The highest BCUT2D eigenvalue weighted by atomic mass is 32.2. The van der Waals surface area contributed by atoms with Crippen molar-refractivity contribution < 1.29 is 4.79 Å². The number of rotatable bonds is 4. The highest BCUT2D eigenvalue weighted by Gasteiger charge is 2.34. The molecule has 1 atom stereocenters. The molecule has 1 aromatic carbocycles. The third-order valence-electron chi connectivity index (χ3n) is 3.99. The fourth-order valence-corrected chi connectivity index (χ4v) is 4.18. The quantitative estimate of drug-likeness (QED) is 0.850. The molecule has 1 aliphatic rings. The molecule has 1 aliphatic heterocycles. The van der Waals surface area contributed by atoms with E-state index in [0.717, 1.165) is 23.2 Å². The van der Waals surface area contributed by atoms with Gasteiger partial charge in [0.05, 0.1) is 17.4 Å². The zero-order valence-electron chi connectivity index (χ0n) is 13.8. The van der Waals surface area contributed by atoms with Gasteiger partial charge in [0.15, 0.2) is 0 Å². The topological polar surface area (TPSA) is 57.0 Å². The van der Waals surface area contributed by atoms with Crippen LogP contribution >= 0.6 is 11.8 Å². The van der Waals surface area contributed by atoms with Crippen LogP contribution in [0.3, 0.4) is 0 Å². The SMILES string of the molecule is CC(C)CN1C(=O)CSC1c1cnccc1-c1ccccc1C#N. The number of benzene rings is 1. The fraction of sp³-hybridized carbons (Fsp3) is 0.316. The molecule has 2 heterocycles. The van der Waals surface area contributed by atoms with E-state index in [0.29, 0.717) is 17.2 Å². The molecule has 24 heavy (non-hydrogen) atoms. The first-order chi connectivity index (χ1) is 11.6. The maximum Gasteiger partial charge on any atom is 0.233 e. The third kappa shape index (κ3) is 3.15. The number of nitrogens with zero attached hydrogens (tertiary/aromatic N) is 3. The van der Waals surface area contributed by atoms with Crippen LogP contribution in [-0.4, -0.2) is 28.1 Å². The van der Waals surface area contributed by atoms with Crippen LogP contribution in [0.15, 0.2) is 42.7 Å². The van der Waals surface area contributed by atoms with Crippen molar-refractivity contribution in [2.45, 2.75) is 19.2 Å². The Morgan fingerprint density at radius 2 is 2.12 bits per heavy atom. The van der Waals surface area contributed by atoms with Crippen molar-refractivity contribution in [1.29, 1.82) is 5.26 Å². The number of aromatic nitrogens is 1. The molecule has 2 aromatic rings. The van der Waals surface area contributed by atoms with Crippen LogP contribution in [0.2, 0.25) is 0 Å². The van der Waals surface area contributed by atoms with Crippen molar-refractivity contribution in [3.63, 3.8) is 0 Å². The smallest absolute Gasteiger partial charge is 0.233 e. The Hall–Kier alpha value is -2.32. The summed E-state index contributed by atoms with van der Waals surface area (Å²) in [7, 11) is 0. The summed E-state index contributed by atoms with van der Waals surface area (Å²) >= 11 is 1.63. The zero-order chi connectivity index (χ0) is 17.1. The number of pyridine rings is 1. The standard InChI is InChI=1S/C19H19N3OS/c1-13(2)11-22-18(23)12-24-19(22)17-10-21-8-7-16(17)15-6-4-3-5-14(15)9-20/h3-8,10,13,19H,11-12H2,1-2H3. The van der Waals surface area contributed by atoms with Gasteiger partial charge in [-0.2, -0.15) is 5.26 Å². The van der Waals surface area contributed by atoms with Crippen LogP contribution in [0, 0.1) is 17.2 Å². The van der Waals surface area contributed by atoms with E-state index in [1.807, 2.05) is 41.4 Å². The highest BCUT2D eigenvalue weighted by Crippen LogP contribution is 2.43. The van der Waals surface area contributed by atoms with Gasteiger partial charge in [0, 0.05) is 24.5 Å². The van der Waals surface area contributed by atoms with Crippen LogP contribution in [-0.2, 0) is 4.79 Å². The van der Waals surface area contributed by atoms with E-state index < -0.39 is 0 Å². The van der Waals surface area contributed by atoms with Crippen molar-refractivity contribution in [3.05, 3.63) is 53.9 Å².